The summed E-state index contributed by atoms with van der Waals surface area (Å²) in [6.45, 7) is 0.0565. The van der Waals surface area contributed by atoms with E-state index >= 15 is 0 Å². The number of carbonyl (C=O) groups excluding carboxylic acids is 4. The fraction of sp³-hybridized carbons (Fsp3) is 0.206. The number of hydrogen-bond donors (Lipinski definition) is 2. The molecule has 0 bridgehead atoms. The lowest BCUT2D eigenvalue weighted by atomic mass is 9.87. The Kier molecular flexibility index (Phi) is 10.7. The quantitative estimate of drug-likeness (QED) is 0.0507. The van der Waals surface area contributed by atoms with Crippen LogP contribution in [0.2, 0.25) is 0 Å². The summed E-state index contributed by atoms with van der Waals surface area (Å²) in [5.41, 5.74) is 0.480. The van der Waals surface area contributed by atoms with E-state index in [2.05, 4.69) is 25.8 Å². The number of β-lactam (4-membered cyclic amide) rings is 1. The van der Waals surface area contributed by atoms with Gasteiger partial charge in [0, 0.05) is 35.0 Å². The fourth-order valence-corrected chi connectivity index (χ4v) is 8.29. The second kappa shape index (κ2) is 15.5. The predicted molar refractivity (Wildman–Crippen MR) is 188 cm³/mol. The monoisotopic (exact) mass is 714 g/mol. The third-order valence-electron chi connectivity index (χ3n) is 7.78. The lowest BCUT2D eigenvalue weighted by Crippen LogP contribution is -2.74. The number of fused-ring (bicyclic) bond motifs is 1. The standard InChI is InChI=1S/C34H30N6O6S3/c1-45-39-26(25-18-48-33(37-25)36-21-41)29(42)38-27-30(43)40-19-34(20-49-31(27)40,14-16-47-24-13-8-15-35-17-24)32(44)46-28(22-9-4-2-5-10-22)23-11-6-3-7-12-23/h2-18,21,27-28,31H,19-20H2,1H3,(H,38,42)(H,36,37,41)/t27?,31-,34?/m1/s1. The molecule has 49 heavy (non-hydrogen) atoms. The van der Waals surface area contributed by atoms with E-state index in [1.54, 1.807) is 28.7 Å². The normalized spacial score (nSPS) is 20.3. The number of nitrogens with one attached hydrogen (secondary N) is 2. The topological polar surface area (TPSA) is 152 Å². The maximum Gasteiger partial charge on any atom is 0.319 e. The molecule has 2 saturated heterocycles. The van der Waals surface area contributed by atoms with Gasteiger partial charge in [-0.05, 0) is 28.7 Å². The number of oxime groups is 1. The molecule has 4 aromatic rings. The number of nitrogens with zero attached hydrogens (tertiary/aromatic N) is 4. The van der Waals surface area contributed by atoms with Crippen LogP contribution in [-0.2, 0) is 28.8 Å². The Labute approximate surface area is 294 Å². The van der Waals surface area contributed by atoms with Gasteiger partial charge in [0.25, 0.3) is 5.91 Å². The number of anilines is 1. The van der Waals surface area contributed by atoms with Gasteiger partial charge in [-0.2, -0.15) is 0 Å². The van der Waals surface area contributed by atoms with E-state index < -0.39 is 34.8 Å². The number of thioether (sulfide) groups is 2. The van der Waals surface area contributed by atoms with Crippen LogP contribution in [-0.4, -0.2) is 75.6 Å². The summed E-state index contributed by atoms with van der Waals surface area (Å²) in [5, 5.41) is 12.2. The molecule has 0 radical (unpaired) electrons. The van der Waals surface area contributed by atoms with Gasteiger partial charge in [0.15, 0.2) is 16.9 Å². The first-order valence-electron chi connectivity index (χ1n) is 15.0. The molecule has 2 aliphatic heterocycles. The highest BCUT2D eigenvalue weighted by atomic mass is 32.2. The Morgan fingerprint density at radius 1 is 1.10 bits per heavy atom. The van der Waals surface area contributed by atoms with Gasteiger partial charge in [0.1, 0.15) is 29.6 Å². The molecule has 0 aliphatic carbocycles. The van der Waals surface area contributed by atoms with Crippen molar-refractivity contribution in [1.82, 2.24) is 20.2 Å². The summed E-state index contributed by atoms with van der Waals surface area (Å²) < 4.78 is 6.33. The zero-order chi connectivity index (χ0) is 34.2. The van der Waals surface area contributed by atoms with Gasteiger partial charge in [0.2, 0.25) is 12.3 Å². The van der Waals surface area contributed by atoms with E-state index in [4.69, 9.17) is 9.57 Å². The highest BCUT2D eigenvalue weighted by Crippen LogP contribution is 2.45. The fourth-order valence-electron chi connectivity index (χ4n) is 5.36. The second-order valence-corrected chi connectivity index (χ2v) is 13.9. The number of aromatic nitrogens is 2. The molecule has 0 spiro atoms. The van der Waals surface area contributed by atoms with Gasteiger partial charge < -0.3 is 25.1 Å². The van der Waals surface area contributed by atoms with Crippen molar-refractivity contribution >= 4 is 69.9 Å². The Morgan fingerprint density at radius 3 is 2.49 bits per heavy atom. The van der Waals surface area contributed by atoms with Crippen molar-refractivity contribution in [2.75, 3.05) is 24.7 Å². The van der Waals surface area contributed by atoms with Crippen LogP contribution in [0.4, 0.5) is 5.13 Å². The summed E-state index contributed by atoms with van der Waals surface area (Å²) in [6, 6.07) is 21.9. The van der Waals surface area contributed by atoms with Crippen LogP contribution in [0.25, 0.3) is 0 Å². The number of pyridine rings is 1. The Bertz CT molecular complexity index is 1820. The van der Waals surface area contributed by atoms with Crippen molar-refractivity contribution < 1.29 is 28.8 Å². The molecule has 3 atom stereocenters. The van der Waals surface area contributed by atoms with Gasteiger partial charge >= 0.3 is 5.97 Å². The molecule has 2 aliphatic rings. The summed E-state index contributed by atoms with van der Waals surface area (Å²) in [7, 11) is 1.29. The Hall–Kier alpha value is -4.99. The predicted octanol–water partition coefficient (Wildman–Crippen LogP) is 4.48. The van der Waals surface area contributed by atoms with Crippen LogP contribution in [0.15, 0.2) is 112 Å². The lowest BCUT2D eigenvalue weighted by Gasteiger charge is -2.53. The number of thiazole rings is 1. The van der Waals surface area contributed by atoms with Crippen molar-refractivity contribution in [3.05, 3.63) is 119 Å². The Morgan fingerprint density at radius 2 is 1.84 bits per heavy atom. The van der Waals surface area contributed by atoms with Crippen molar-refractivity contribution in [3.63, 3.8) is 0 Å². The molecule has 6 rings (SSSR count). The van der Waals surface area contributed by atoms with Gasteiger partial charge in [-0.3, -0.25) is 24.2 Å². The molecule has 3 amide bonds. The molecular formula is C34H30N6O6S3. The minimum Gasteiger partial charge on any atom is -0.452 e. The zero-order valence-electron chi connectivity index (χ0n) is 26.0. The van der Waals surface area contributed by atoms with E-state index in [-0.39, 0.29) is 29.0 Å². The summed E-state index contributed by atoms with van der Waals surface area (Å²) in [4.78, 5) is 67.7. The number of amides is 3. The summed E-state index contributed by atoms with van der Waals surface area (Å²) in [6.07, 6.45) is 5.03. The zero-order valence-corrected chi connectivity index (χ0v) is 28.5. The van der Waals surface area contributed by atoms with Crippen molar-refractivity contribution in [1.29, 1.82) is 0 Å². The van der Waals surface area contributed by atoms with Crippen LogP contribution in [0.5, 0.6) is 0 Å². The maximum atomic E-state index is 14.3. The molecule has 12 nitrogen and oxygen atoms in total. The highest BCUT2D eigenvalue weighted by molar-refractivity contribution is 8.02. The average molecular weight is 715 g/mol. The lowest BCUT2D eigenvalue weighted by molar-refractivity contribution is -0.162. The van der Waals surface area contributed by atoms with Crippen LogP contribution < -0.4 is 10.6 Å². The van der Waals surface area contributed by atoms with Crippen LogP contribution in [0, 0.1) is 5.41 Å². The van der Waals surface area contributed by atoms with Gasteiger partial charge in [-0.1, -0.05) is 83.7 Å². The molecule has 4 heterocycles. The van der Waals surface area contributed by atoms with E-state index in [9.17, 15) is 19.2 Å². The van der Waals surface area contributed by atoms with Crippen molar-refractivity contribution in [3.8, 4) is 0 Å². The Balaban J connectivity index is 1.22. The average Bonchev–Trinajstić information content (AvgIpc) is 3.61. The highest BCUT2D eigenvalue weighted by Gasteiger charge is 2.57. The number of benzene rings is 2. The molecular weight excluding hydrogens is 685 g/mol. The minimum atomic E-state index is -1.19. The SMILES string of the molecule is CON=C(C(=O)NC1C(=O)N2CC(C=CSc3cccnc3)(C(=O)OC(c3ccccc3)c3ccccc3)CS[C@H]12)c1csc(NC=O)n1. The van der Waals surface area contributed by atoms with E-state index in [0.29, 0.717) is 12.2 Å². The van der Waals surface area contributed by atoms with Gasteiger partial charge in [-0.25, -0.2) is 4.98 Å². The summed E-state index contributed by atoms with van der Waals surface area (Å²) >= 11 is 3.90. The van der Waals surface area contributed by atoms with E-state index in [0.717, 1.165) is 27.4 Å². The van der Waals surface area contributed by atoms with Crippen LogP contribution in [0.1, 0.15) is 22.9 Å². The van der Waals surface area contributed by atoms with Crippen molar-refractivity contribution in [2.45, 2.75) is 22.4 Å². The first-order valence-corrected chi connectivity index (χ1v) is 17.8. The van der Waals surface area contributed by atoms with Gasteiger partial charge in [0.05, 0.1) is 0 Å². The molecule has 2 aromatic carbocycles. The molecule has 15 heteroatoms. The molecule has 2 fully saturated rings. The number of hydrogen-bond acceptors (Lipinski definition) is 12. The van der Waals surface area contributed by atoms with Crippen LogP contribution in [0.3, 0.4) is 0 Å². The molecule has 0 saturated carbocycles. The first-order chi connectivity index (χ1) is 23.9. The molecule has 2 aromatic heterocycles. The van der Waals surface area contributed by atoms with Crippen molar-refractivity contribution in [2.24, 2.45) is 10.6 Å². The molecule has 2 N–H and O–H groups in total. The maximum absolute atomic E-state index is 14.3. The number of ether oxygens (including phenoxy) is 1. The van der Waals surface area contributed by atoms with Crippen LogP contribution >= 0.6 is 34.9 Å². The van der Waals surface area contributed by atoms with E-state index in [1.807, 2.05) is 78.2 Å². The van der Waals surface area contributed by atoms with Gasteiger partial charge in [-0.15, -0.1) is 23.1 Å². The first kappa shape index (κ1) is 33.9. The number of rotatable bonds is 13. The minimum absolute atomic E-state index is 0.0565. The largest absolute Gasteiger partial charge is 0.452 e. The smallest absolute Gasteiger partial charge is 0.319 e. The third kappa shape index (κ3) is 7.53. The third-order valence-corrected chi connectivity index (χ3v) is 10.9. The van der Waals surface area contributed by atoms with E-state index in [1.165, 1.54) is 30.6 Å². The number of esters is 1. The molecule has 2 unspecified atom stereocenters. The second-order valence-electron chi connectivity index (χ2n) is 10.9. The summed E-state index contributed by atoms with van der Waals surface area (Å²) in [5.74, 6) is -1.20. The number of carbonyl (C=O) groups is 4. The molecule has 250 valence electrons.